The van der Waals surface area contributed by atoms with E-state index >= 15 is 0 Å². The van der Waals surface area contributed by atoms with Gasteiger partial charge in [-0.3, -0.25) is 4.99 Å². The van der Waals surface area contributed by atoms with Gasteiger partial charge in [0.2, 0.25) is 0 Å². The van der Waals surface area contributed by atoms with Gasteiger partial charge < -0.3 is 15.2 Å². The Morgan fingerprint density at radius 1 is 1.11 bits per heavy atom. The lowest BCUT2D eigenvalue weighted by atomic mass is 9.99. The van der Waals surface area contributed by atoms with Crippen LogP contribution in [0, 0.1) is 6.92 Å². The first-order valence-corrected chi connectivity index (χ1v) is 9.68. The maximum Gasteiger partial charge on any atom is 0.191 e. The number of aromatic nitrogens is 2. The molecule has 2 aromatic carbocycles. The number of hydrogen-bond acceptors (Lipinski definition) is 2. The number of hydrogen-bond donors (Lipinski definition) is 2. The normalized spacial score (nSPS) is 12.6. The summed E-state index contributed by atoms with van der Waals surface area (Å²) < 4.78 is 2.07. The van der Waals surface area contributed by atoms with Crippen molar-refractivity contribution in [3.05, 3.63) is 89.5 Å². The van der Waals surface area contributed by atoms with Gasteiger partial charge in [-0.15, -0.1) is 0 Å². The van der Waals surface area contributed by atoms with E-state index in [4.69, 9.17) is 0 Å². The number of nitrogens with zero attached hydrogens (tertiary/aromatic N) is 3. The summed E-state index contributed by atoms with van der Waals surface area (Å²) in [5.41, 5.74) is 5.12. The molecule has 0 aliphatic rings. The second-order valence-electron chi connectivity index (χ2n) is 7.18. The summed E-state index contributed by atoms with van der Waals surface area (Å²) in [7, 11) is 1.81. The molecule has 3 rings (SSSR count). The summed E-state index contributed by atoms with van der Waals surface area (Å²) >= 11 is 0. The van der Waals surface area contributed by atoms with Crippen LogP contribution in [0.5, 0.6) is 0 Å². The number of benzene rings is 2. The third-order valence-electron chi connectivity index (χ3n) is 4.79. The van der Waals surface area contributed by atoms with Gasteiger partial charge >= 0.3 is 0 Å². The summed E-state index contributed by atoms with van der Waals surface area (Å²) in [5.74, 6) is 1.23. The van der Waals surface area contributed by atoms with Gasteiger partial charge in [0.25, 0.3) is 0 Å². The zero-order chi connectivity index (χ0) is 19.8. The lowest BCUT2D eigenvalue weighted by Gasteiger charge is -2.17. The standard InChI is InChI=1S/C23H29N5/c1-18-6-4-9-22(12-18)19(2)14-26-23(24-3)27-15-20-7-5-8-21(13-20)16-28-11-10-25-17-28/h4-13,17,19H,14-16H2,1-3H3,(H2,24,26,27). The fourth-order valence-corrected chi connectivity index (χ4v) is 3.18. The number of rotatable bonds is 7. The SMILES string of the molecule is CN=C(NCc1cccc(Cn2ccnc2)c1)NCC(C)c1cccc(C)c1. The number of aliphatic imine (C=N–C) groups is 1. The van der Waals surface area contributed by atoms with E-state index in [0.29, 0.717) is 5.92 Å². The molecule has 1 heterocycles. The van der Waals surface area contributed by atoms with Crippen molar-refractivity contribution in [2.45, 2.75) is 32.9 Å². The van der Waals surface area contributed by atoms with Crippen LogP contribution in [0.4, 0.5) is 0 Å². The minimum Gasteiger partial charge on any atom is -0.356 e. The van der Waals surface area contributed by atoms with Crippen LogP contribution >= 0.6 is 0 Å². The molecule has 3 aromatic rings. The zero-order valence-corrected chi connectivity index (χ0v) is 16.9. The maximum absolute atomic E-state index is 4.35. The highest BCUT2D eigenvalue weighted by molar-refractivity contribution is 5.79. The fraction of sp³-hybridized carbons (Fsp3) is 0.304. The molecule has 0 saturated carbocycles. The molecule has 0 radical (unpaired) electrons. The van der Waals surface area contributed by atoms with Crippen molar-refractivity contribution in [3.63, 3.8) is 0 Å². The third kappa shape index (κ3) is 5.71. The van der Waals surface area contributed by atoms with Gasteiger partial charge in [0, 0.05) is 39.1 Å². The molecule has 1 aromatic heterocycles. The van der Waals surface area contributed by atoms with E-state index in [1.165, 1.54) is 22.3 Å². The van der Waals surface area contributed by atoms with Gasteiger partial charge in [-0.1, -0.05) is 61.0 Å². The Bertz CT molecular complexity index is 899. The Kier molecular flexibility index (Phi) is 6.84. The lowest BCUT2D eigenvalue weighted by molar-refractivity contribution is 0.698. The number of guanidine groups is 1. The Labute approximate surface area is 167 Å². The minimum atomic E-state index is 0.414. The maximum atomic E-state index is 4.35. The molecule has 0 fully saturated rings. The highest BCUT2D eigenvalue weighted by Crippen LogP contribution is 2.15. The van der Waals surface area contributed by atoms with Crippen LogP contribution in [0.15, 0.2) is 72.2 Å². The Hall–Kier alpha value is -3.08. The molecule has 5 heteroatoms. The molecule has 0 aliphatic heterocycles. The van der Waals surface area contributed by atoms with Crippen LogP contribution in [-0.4, -0.2) is 29.1 Å². The van der Waals surface area contributed by atoms with Crippen LogP contribution in [-0.2, 0) is 13.1 Å². The van der Waals surface area contributed by atoms with Gasteiger partial charge in [0.1, 0.15) is 0 Å². The molecule has 0 spiro atoms. The van der Waals surface area contributed by atoms with Gasteiger partial charge in [0.15, 0.2) is 5.96 Å². The summed E-state index contributed by atoms with van der Waals surface area (Å²) in [5, 5.41) is 6.84. The predicted octanol–water partition coefficient (Wildman–Crippen LogP) is 3.71. The number of imidazole rings is 1. The topological polar surface area (TPSA) is 54.2 Å². The van der Waals surface area contributed by atoms with Crippen molar-refractivity contribution in [2.24, 2.45) is 4.99 Å². The van der Waals surface area contributed by atoms with Gasteiger partial charge in [-0.05, 0) is 29.5 Å². The third-order valence-corrected chi connectivity index (χ3v) is 4.79. The van der Waals surface area contributed by atoms with E-state index in [9.17, 15) is 0 Å². The molecule has 2 N–H and O–H groups in total. The second-order valence-corrected chi connectivity index (χ2v) is 7.18. The van der Waals surface area contributed by atoms with E-state index in [1.54, 1.807) is 6.20 Å². The summed E-state index contributed by atoms with van der Waals surface area (Å²) in [6.45, 7) is 6.76. The molecule has 0 bridgehead atoms. The molecule has 5 nitrogen and oxygen atoms in total. The number of nitrogens with one attached hydrogen (secondary N) is 2. The molecule has 146 valence electrons. The summed E-state index contributed by atoms with van der Waals surface area (Å²) in [6.07, 6.45) is 5.62. The highest BCUT2D eigenvalue weighted by atomic mass is 15.2. The van der Waals surface area contributed by atoms with E-state index in [-0.39, 0.29) is 0 Å². The smallest absolute Gasteiger partial charge is 0.191 e. The largest absolute Gasteiger partial charge is 0.356 e. The molecular weight excluding hydrogens is 346 g/mol. The van der Waals surface area contributed by atoms with Crippen LogP contribution in [0.2, 0.25) is 0 Å². The molecule has 1 atom stereocenters. The van der Waals surface area contributed by atoms with Gasteiger partial charge in [0.05, 0.1) is 6.33 Å². The van der Waals surface area contributed by atoms with Crippen molar-refractivity contribution >= 4 is 5.96 Å². The van der Waals surface area contributed by atoms with Crippen LogP contribution < -0.4 is 10.6 Å². The summed E-state index contributed by atoms with van der Waals surface area (Å²) in [4.78, 5) is 8.45. The highest BCUT2D eigenvalue weighted by Gasteiger charge is 2.07. The molecule has 28 heavy (non-hydrogen) atoms. The monoisotopic (exact) mass is 375 g/mol. The predicted molar refractivity (Wildman–Crippen MR) is 116 cm³/mol. The van der Waals surface area contributed by atoms with Crippen molar-refractivity contribution in [1.82, 2.24) is 20.2 Å². The fourth-order valence-electron chi connectivity index (χ4n) is 3.18. The van der Waals surface area contributed by atoms with E-state index in [2.05, 4.69) is 87.6 Å². The van der Waals surface area contributed by atoms with Crippen molar-refractivity contribution < 1.29 is 0 Å². The quantitative estimate of drug-likeness (QED) is 0.489. The first-order valence-electron chi connectivity index (χ1n) is 9.68. The van der Waals surface area contributed by atoms with Gasteiger partial charge in [-0.25, -0.2) is 4.98 Å². The van der Waals surface area contributed by atoms with Crippen molar-refractivity contribution in [3.8, 4) is 0 Å². The van der Waals surface area contributed by atoms with Crippen LogP contribution in [0.3, 0.4) is 0 Å². The molecule has 0 saturated heterocycles. The van der Waals surface area contributed by atoms with E-state index in [1.807, 2.05) is 19.6 Å². The Balaban J connectivity index is 1.51. The van der Waals surface area contributed by atoms with Crippen LogP contribution in [0.25, 0.3) is 0 Å². The molecule has 0 aliphatic carbocycles. The van der Waals surface area contributed by atoms with E-state index in [0.717, 1.165) is 25.6 Å². The average molecular weight is 376 g/mol. The second kappa shape index (κ2) is 9.74. The minimum absolute atomic E-state index is 0.414. The average Bonchev–Trinajstić information content (AvgIpc) is 3.21. The first-order chi connectivity index (χ1) is 13.6. The Morgan fingerprint density at radius 3 is 2.68 bits per heavy atom. The van der Waals surface area contributed by atoms with Crippen molar-refractivity contribution in [2.75, 3.05) is 13.6 Å². The first kappa shape index (κ1) is 19.7. The van der Waals surface area contributed by atoms with Crippen LogP contribution in [0.1, 0.15) is 35.1 Å². The zero-order valence-electron chi connectivity index (χ0n) is 16.9. The van der Waals surface area contributed by atoms with Gasteiger partial charge in [-0.2, -0.15) is 0 Å². The van der Waals surface area contributed by atoms with Crippen molar-refractivity contribution in [1.29, 1.82) is 0 Å². The molecular formula is C23H29N5. The number of aryl methyl sites for hydroxylation is 1. The summed E-state index contributed by atoms with van der Waals surface area (Å²) in [6, 6.07) is 17.3. The lowest BCUT2D eigenvalue weighted by Crippen LogP contribution is -2.38. The molecule has 0 amide bonds. The van der Waals surface area contributed by atoms with E-state index < -0.39 is 0 Å². The molecule has 1 unspecified atom stereocenters. The Morgan fingerprint density at radius 2 is 1.93 bits per heavy atom.